The Hall–Kier alpha value is -0.570. The van der Waals surface area contributed by atoms with E-state index >= 15 is 0 Å². The quantitative estimate of drug-likeness (QED) is 0.645. The number of nitrogens with two attached hydrogens (primary N) is 1. The minimum atomic E-state index is -0.232. The number of amides is 1. The minimum Gasteiger partial charge on any atom is -0.368 e. The normalized spacial score (nSPS) is 14.0. The van der Waals surface area contributed by atoms with Crippen LogP contribution in [0.4, 0.5) is 0 Å². The van der Waals surface area contributed by atoms with Crippen LogP contribution in [0.2, 0.25) is 0 Å². The summed E-state index contributed by atoms with van der Waals surface area (Å²) in [5.74, 6) is 0.0572. The van der Waals surface area contributed by atoms with Crippen molar-refractivity contribution in [1.29, 1.82) is 0 Å². The number of hydrogen-bond donors (Lipinski definition) is 1. The van der Waals surface area contributed by atoms with Crippen LogP contribution in [0.1, 0.15) is 20.8 Å². The molecule has 66 valence electrons. The third-order valence-electron chi connectivity index (χ3n) is 1.90. The largest absolute Gasteiger partial charge is 0.368 e. The van der Waals surface area contributed by atoms with Crippen molar-refractivity contribution in [3.05, 3.63) is 0 Å². The fraction of sp³-hybridized carbons (Fsp3) is 0.875. The highest BCUT2D eigenvalue weighted by atomic mass is 16.1. The molecule has 0 aromatic carbocycles. The van der Waals surface area contributed by atoms with Gasteiger partial charge in [-0.15, -0.1) is 0 Å². The van der Waals surface area contributed by atoms with Crippen molar-refractivity contribution in [2.45, 2.75) is 26.8 Å². The van der Waals surface area contributed by atoms with Crippen LogP contribution < -0.4 is 5.73 Å². The van der Waals surface area contributed by atoms with Crippen LogP contribution in [0.25, 0.3) is 0 Å². The molecule has 0 spiro atoms. The topological polar surface area (TPSA) is 46.3 Å². The molecule has 2 N–H and O–H groups in total. The van der Waals surface area contributed by atoms with Gasteiger partial charge in [0.05, 0.1) is 6.04 Å². The number of primary amides is 1. The van der Waals surface area contributed by atoms with Crippen molar-refractivity contribution in [2.24, 2.45) is 11.7 Å². The summed E-state index contributed by atoms with van der Waals surface area (Å²) in [6.45, 7) is 6.87. The molecule has 11 heavy (non-hydrogen) atoms. The van der Waals surface area contributed by atoms with E-state index in [1.807, 2.05) is 32.7 Å². The van der Waals surface area contributed by atoms with Crippen LogP contribution in [0.15, 0.2) is 0 Å². The van der Waals surface area contributed by atoms with Crippen molar-refractivity contribution < 1.29 is 4.79 Å². The maximum absolute atomic E-state index is 10.9. The Morgan fingerprint density at radius 3 is 2.09 bits per heavy atom. The summed E-state index contributed by atoms with van der Waals surface area (Å²) in [6, 6.07) is -0.125. The van der Waals surface area contributed by atoms with Crippen LogP contribution in [0.5, 0.6) is 0 Å². The standard InChI is InChI=1S/C8H18N2O/c1-5-10(4)7(6(2)3)8(9)11/h6-7H,5H2,1-4H3,(H2,9,11). The number of hydrogen-bond acceptors (Lipinski definition) is 2. The molecular formula is C8H18N2O. The zero-order valence-corrected chi connectivity index (χ0v) is 7.79. The van der Waals surface area contributed by atoms with Gasteiger partial charge in [0.1, 0.15) is 0 Å². The van der Waals surface area contributed by atoms with Crippen molar-refractivity contribution in [3.63, 3.8) is 0 Å². The predicted octanol–water partition coefficient (Wildman–Crippen LogP) is 0.448. The average molecular weight is 158 g/mol. The molecule has 0 rings (SSSR count). The van der Waals surface area contributed by atoms with Crippen LogP contribution in [-0.4, -0.2) is 30.4 Å². The second-order valence-corrected chi connectivity index (χ2v) is 3.16. The molecule has 0 saturated heterocycles. The number of carbonyl (C=O) groups excluding carboxylic acids is 1. The van der Waals surface area contributed by atoms with Gasteiger partial charge in [0.2, 0.25) is 5.91 Å². The summed E-state index contributed by atoms with van der Waals surface area (Å²) in [6.07, 6.45) is 0. The molecule has 1 amide bonds. The van der Waals surface area contributed by atoms with Crippen molar-refractivity contribution in [2.75, 3.05) is 13.6 Å². The molecule has 0 aromatic rings. The highest BCUT2D eigenvalue weighted by molar-refractivity contribution is 5.80. The van der Waals surface area contributed by atoms with Gasteiger partial charge < -0.3 is 5.73 Å². The lowest BCUT2D eigenvalue weighted by molar-refractivity contribution is -0.124. The van der Waals surface area contributed by atoms with E-state index in [9.17, 15) is 4.79 Å². The van der Waals surface area contributed by atoms with E-state index in [2.05, 4.69) is 0 Å². The second kappa shape index (κ2) is 4.34. The molecule has 3 nitrogen and oxygen atoms in total. The molecule has 0 bridgehead atoms. The van der Waals surface area contributed by atoms with E-state index in [1.54, 1.807) is 0 Å². The minimum absolute atomic E-state index is 0.125. The Balaban J connectivity index is 4.21. The monoisotopic (exact) mass is 158 g/mol. The molecule has 0 radical (unpaired) electrons. The molecule has 0 saturated carbocycles. The first-order valence-electron chi connectivity index (χ1n) is 4.00. The summed E-state index contributed by atoms with van der Waals surface area (Å²) in [4.78, 5) is 12.9. The van der Waals surface area contributed by atoms with E-state index in [-0.39, 0.29) is 17.9 Å². The van der Waals surface area contributed by atoms with E-state index < -0.39 is 0 Å². The number of nitrogens with zero attached hydrogens (tertiary/aromatic N) is 1. The van der Waals surface area contributed by atoms with Gasteiger partial charge in [-0.2, -0.15) is 0 Å². The van der Waals surface area contributed by atoms with Gasteiger partial charge in [-0.05, 0) is 19.5 Å². The molecule has 1 unspecified atom stereocenters. The van der Waals surface area contributed by atoms with E-state index in [1.165, 1.54) is 0 Å². The van der Waals surface area contributed by atoms with E-state index in [0.717, 1.165) is 6.54 Å². The number of carbonyl (C=O) groups is 1. The average Bonchev–Trinajstić information content (AvgIpc) is 1.85. The molecule has 1 atom stereocenters. The Bertz CT molecular complexity index is 134. The number of likely N-dealkylation sites (N-methyl/N-ethyl adjacent to an activating group) is 1. The predicted molar refractivity (Wildman–Crippen MR) is 46.1 cm³/mol. The van der Waals surface area contributed by atoms with Gasteiger partial charge in [0.25, 0.3) is 0 Å². The van der Waals surface area contributed by atoms with E-state index in [4.69, 9.17) is 5.73 Å². The number of rotatable bonds is 4. The van der Waals surface area contributed by atoms with Gasteiger partial charge in [-0.25, -0.2) is 0 Å². The first-order chi connectivity index (χ1) is 5.00. The molecule has 0 fully saturated rings. The fourth-order valence-electron chi connectivity index (χ4n) is 1.25. The van der Waals surface area contributed by atoms with E-state index in [0.29, 0.717) is 0 Å². The van der Waals surface area contributed by atoms with Gasteiger partial charge in [0, 0.05) is 0 Å². The summed E-state index contributed by atoms with van der Waals surface area (Å²) in [7, 11) is 1.91. The molecular weight excluding hydrogens is 140 g/mol. The van der Waals surface area contributed by atoms with Gasteiger partial charge in [-0.1, -0.05) is 20.8 Å². The van der Waals surface area contributed by atoms with Crippen LogP contribution in [0, 0.1) is 5.92 Å². The van der Waals surface area contributed by atoms with Gasteiger partial charge >= 0.3 is 0 Å². The third kappa shape index (κ3) is 2.89. The Morgan fingerprint density at radius 1 is 1.55 bits per heavy atom. The lowest BCUT2D eigenvalue weighted by Gasteiger charge is -2.26. The summed E-state index contributed by atoms with van der Waals surface area (Å²) in [5, 5.41) is 0. The smallest absolute Gasteiger partial charge is 0.235 e. The fourth-order valence-corrected chi connectivity index (χ4v) is 1.25. The maximum atomic E-state index is 10.9. The molecule has 0 aliphatic carbocycles. The maximum Gasteiger partial charge on any atom is 0.235 e. The van der Waals surface area contributed by atoms with Crippen LogP contribution in [-0.2, 0) is 4.79 Å². The summed E-state index contributed by atoms with van der Waals surface area (Å²) in [5.41, 5.74) is 5.23. The third-order valence-corrected chi connectivity index (χ3v) is 1.90. The van der Waals surface area contributed by atoms with Crippen LogP contribution in [0.3, 0.4) is 0 Å². The first kappa shape index (κ1) is 10.4. The summed E-state index contributed by atoms with van der Waals surface area (Å²) < 4.78 is 0. The van der Waals surface area contributed by atoms with Crippen LogP contribution >= 0.6 is 0 Å². The molecule has 0 aliphatic heterocycles. The lowest BCUT2D eigenvalue weighted by Crippen LogP contribution is -2.45. The Labute approximate surface area is 68.6 Å². The SMILES string of the molecule is CCN(C)C(C(N)=O)C(C)C. The van der Waals surface area contributed by atoms with Crippen molar-refractivity contribution in [3.8, 4) is 0 Å². The summed E-state index contributed by atoms with van der Waals surface area (Å²) >= 11 is 0. The highest BCUT2D eigenvalue weighted by Gasteiger charge is 2.22. The zero-order chi connectivity index (χ0) is 9.02. The van der Waals surface area contributed by atoms with Crippen molar-refractivity contribution >= 4 is 5.91 Å². The zero-order valence-electron chi connectivity index (χ0n) is 7.79. The second-order valence-electron chi connectivity index (χ2n) is 3.16. The Kier molecular flexibility index (Phi) is 4.11. The molecule has 0 aliphatic rings. The van der Waals surface area contributed by atoms with Gasteiger partial charge in [0.15, 0.2) is 0 Å². The molecule has 0 heterocycles. The molecule has 0 aromatic heterocycles. The first-order valence-corrected chi connectivity index (χ1v) is 4.00. The lowest BCUT2D eigenvalue weighted by atomic mass is 10.0. The Morgan fingerprint density at radius 2 is 2.00 bits per heavy atom. The highest BCUT2D eigenvalue weighted by Crippen LogP contribution is 2.07. The molecule has 3 heteroatoms. The van der Waals surface area contributed by atoms with Crippen molar-refractivity contribution in [1.82, 2.24) is 4.90 Å². The van der Waals surface area contributed by atoms with Gasteiger partial charge in [-0.3, -0.25) is 9.69 Å².